The van der Waals surface area contributed by atoms with Gasteiger partial charge in [0, 0.05) is 19.8 Å². The second kappa shape index (κ2) is 5.77. The van der Waals surface area contributed by atoms with Crippen molar-refractivity contribution in [3.63, 3.8) is 0 Å². The summed E-state index contributed by atoms with van der Waals surface area (Å²) in [4.78, 5) is 32.7. The van der Waals surface area contributed by atoms with Crippen LogP contribution in [0.4, 0.5) is 0 Å². The summed E-state index contributed by atoms with van der Waals surface area (Å²) >= 11 is 0. The Labute approximate surface area is 126 Å². The molecule has 1 amide bonds. The minimum absolute atomic E-state index is 0.126. The molecule has 6 nitrogen and oxygen atoms in total. The van der Waals surface area contributed by atoms with Crippen LogP contribution in [0.15, 0.2) is 53.5 Å². The van der Waals surface area contributed by atoms with Gasteiger partial charge in [-0.05, 0) is 17.7 Å². The first-order valence-electron chi connectivity index (χ1n) is 6.80. The summed E-state index contributed by atoms with van der Waals surface area (Å²) in [6.45, 7) is 0.343. The molecule has 0 saturated carbocycles. The average Bonchev–Trinajstić information content (AvgIpc) is 2.57. The number of nitrogens with one attached hydrogen (secondary N) is 1. The van der Waals surface area contributed by atoms with E-state index in [1.807, 2.05) is 30.3 Å². The van der Waals surface area contributed by atoms with Crippen molar-refractivity contribution in [3.05, 3.63) is 70.3 Å². The Balaban J connectivity index is 1.91. The molecule has 1 aromatic carbocycles. The van der Waals surface area contributed by atoms with E-state index in [9.17, 15) is 9.59 Å². The molecule has 0 fully saturated rings. The first kappa shape index (κ1) is 13.9. The van der Waals surface area contributed by atoms with E-state index >= 15 is 0 Å². The molecule has 2 heterocycles. The van der Waals surface area contributed by atoms with Crippen LogP contribution in [0.3, 0.4) is 0 Å². The van der Waals surface area contributed by atoms with Gasteiger partial charge in [-0.15, -0.1) is 0 Å². The molecular formula is C16H14N4O2. The molecular weight excluding hydrogens is 280 g/mol. The Kier molecular flexibility index (Phi) is 3.65. The van der Waals surface area contributed by atoms with E-state index in [0.717, 1.165) is 5.56 Å². The predicted molar refractivity (Wildman–Crippen MR) is 82.4 cm³/mol. The van der Waals surface area contributed by atoms with Gasteiger partial charge in [0.15, 0.2) is 11.3 Å². The summed E-state index contributed by atoms with van der Waals surface area (Å²) in [5.41, 5.74) is 1.33. The quantitative estimate of drug-likeness (QED) is 0.789. The molecule has 0 saturated heterocycles. The van der Waals surface area contributed by atoms with Crippen LogP contribution in [-0.4, -0.2) is 20.4 Å². The first-order valence-corrected chi connectivity index (χ1v) is 6.80. The van der Waals surface area contributed by atoms with Gasteiger partial charge in [-0.2, -0.15) is 0 Å². The van der Waals surface area contributed by atoms with Gasteiger partial charge in [-0.1, -0.05) is 30.3 Å². The standard InChI is InChI=1S/C16H14N4O2/c1-20-14-12(8-5-9-17-14)19-13(16(20)22)15(21)18-10-11-6-3-2-4-7-11/h2-9H,10H2,1H3,(H,18,21). The van der Waals surface area contributed by atoms with Crippen molar-refractivity contribution in [3.8, 4) is 0 Å². The number of hydrogen-bond acceptors (Lipinski definition) is 4. The maximum absolute atomic E-state index is 12.2. The third-order valence-corrected chi connectivity index (χ3v) is 3.33. The molecule has 110 valence electrons. The Morgan fingerprint density at radius 3 is 2.73 bits per heavy atom. The molecule has 22 heavy (non-hydrogen) atoms. The lowest BCUT2D eigenvalue weighted by molar-refractivity contribution is 0.0944. The SMILES string of the molecule is Cn1c(=O)c(C(=O)NCc2ccccc2)nc2cccnc21. The fraction of sp³-hybridized carbons (Fsp3) is 0.125. The Hall–Kier alpha value is -3.02. The van der Waals surface area contributed by atoms with Crippen molar-refractivity contribution in [1.29, 1.82) is 0 Å². The number of benzene rings is 1. The number of carbonyl (C=O) groups excluding carboxylic acids is 1. The van der Waals surface area contributed by atoms with Crippen LogP contribution in [0.5, 0.6) is 0 Å². The smallest absolute Gasteiger partial charge is 0.283 e. The van der Waals surface area contributed by atoms with Crippen molar-refractivity contribution < 1.29 is 4.79 Å². The first-order chi connectivity index (χ1) is 10.7. The highest BCUT2D eigenvalue weighted by Crippen LogP contribution is 2.05. The molecule has 3 rings (SSSR count). The number of fused-ring (bicyclic) bond motifs is 1. The van der Waals surface area contributed by atoms with Crippen molar-refractivity contribution in [2.24, 2.45) is 7.05 Å². The minimum Gasteiger partial charge on any atom is -0.346 e. The lowest BCUT2D eigenvalue weighted by atomic mass is 10.2. The molecule has 0 bridgehead atoms. The summed E-state index contributed by atoms with van der Waals surface area (Å²) in [5.74, 6) is -0.491. The molecule has 0 spiro atoms. The Bertz CT molecular complexity index is 888. The summed E-state index contributed by atoms with van der Waals surface area (Å²) in [7, 11) is 1.58. The zero-order chi connectivity index (χ0) is 15.5. The number of carbonyl (C=O) groups is 1. The van der Waals surface area contributed by atoms with E-state index in [-0.39, 0.29) is 5.69 Å². The van der Waals surface area contributed by atoms with E-state index in [0.29, 0.717) is 17.7 Å². The van der Waals surface area contributed by atoms with Crippen LogP contribution in [0.1, 0.15) is 16.1 Å². The van der Waals surface area contributed by atoms with E-state index in [2.05, 4.69) is 15.3 Å². The highest BCUT2D eigenvalue weighted by atomic mass is 16.2. The molecule has 0 aliphatic rings. The topological polar surface area (TPSA) is 76.9 Å². The Morgan fingerprint density at radius 1 is 1.18 bits per heavy atom. The number of pyridine rings is 1. The van der Waals surface area contributed by atoms with Crippen LogP contribution in [0.25, 0.3) is 11.2 Å². The van der Waals surface area contributed by atoms with Gasteiger partial charge in [0.2, 0.25) is 0 Å². The summed E-state index contributed by atoms with van der Waals surface area (Å²) in [6.07, 6.45) is 1.58. The third kappa shape index (κ3) is 2.58. The molecule has 6 heteroatoms. The monoisotopic (exact) mass is 294 g/mol. The van der Waals surface area contributed by atoms with E-state index in [4.69, 9.17) is 0 Å². The number of rotatable bonds is 3. The van der Waals surface area contributed by atoms with Crippen LogP contribution >= 0.6 is 0 Å². The number of aryl methyl sites for hydroxylation is 1. The van der Waals surface area contributed by atoms with Gasteiger partial charge in [-0.25, -0.2) is 9.97 Å². The van der Waals surface area contributed by atoms with Gasteiger partial charge in [0.1, 0.15) is 5.52 Å². The summed E-state index contributed by atoms with van der Waals surface area (Å²) in [5, 5.41) is 2.71. The van der Waals surface area contributed by atoms with Crippen LogP contribution in [-0.2, 0) is 13.6 Å². The van der Waals surface area contributed by atoms with Crippen LogP contribution in [0.2, 0.25) is 0 Å². The molecule has 0 atom stereocenters. The lowest BCUT2D eigenvalue weighted by Gasteiger charge is -2.07. The molecule has 2 aromatic heterocycles. The molecule has 1 N–H and O–H groups in total. The van der Waals surface area contributed by atoms with Crippen LogP contribution < -0.4 is 10.9 Å². The molecule has 0 unspecified atom stereocenters. The average molecular weight is 294 g/mol. The number of aromatic nitrogens is 3. The minimum atomic E-state index is -0.491. The molecule has 3 aromatic rings. The molecule has 0 aliphatic heterocycles. The predicted octanol–water partition coefficient (Wildman–Crippen LogP) is 1.26. The lowest BCUT2D eigenvalue weighted by Crippen LogP contribution is -2.33. The van der Waals surface area contributed by atoms with Crippen molar-refractivity contribution in [2.45, 2.75) is 6.54 Å². The van der Waals surface area contributed by atoms with Crippen LogP contribution in [0, 0.1) is 0 Å². The van der Waals surface area contributed by atoms with Gasteiger partial charge in [0.25, 0.3) is 11.5 Å². The number of nitrogens with zero attached hydrogens (tertiary/aromatic N) is 3. The van der Waals surface area contributed by atoms with Crippen molar-refractivity contribution in [2.75, 3.05) is 0 Å². The number of hydrogen-bond donors (Lipinski definition) is 1. The van der Waals surface area contributed by atoms with Crippen molar-refractivity contribution >= 4 is 17.1 Å². The third-order valence-electron chi connectivity index (χ3n) is 3.33. The van der Waals surface area contributed by atoms with Gasteiger partial charge >= 0.3 is 0 Å². The largest absolute Gasteiger partial charge is 0.346 e. The summed E-state index contributed by atoms with van der Waals surface area (Å²) in [6, 6.07) is 12.9. The highest BCUT2D eigenvalue weighted by Gasteiger charge is 2.16. The second-order valence-corrected chi connectivity index (χ2v) is 4.84. The number of amides is 1. The summed E-state index contributed by atoms with van der Waals surface area (Å²) < 4.78 is 1.33. The zero-order valence-corrected chi connectivity index (χ0v) is 12.0. The maximum atomic E-state index is 12.2. The second-order valence-electron chi connectivity index (χ2n) is 4.84. The van der Waals surface area contributed by atoms with E-state index in [1.54, 1.807) is 25.4 Å². The molecule has 0 radical (unpaired) electrons. The fourth-order valence-electron chi connectivity index (χ4n) is 2.17. The van der Waals surface area contributed by atoms with Gasteiger partial charge in [-0.3, -0.25) is 14.2 Å². The normalized spacial score (nSPS) is 10.6. The van der Waals surface area contributed by atoms with E-state index < -0.39 is 11.5 Å². The highest BCUT2D eigenvalue weighted by molar-refractivity contribution is 5.93. The van der Waals surface area contributed by atoms with Gasteiger partial charge in [0.05, 0.1) is 0 Å². The van der Waals surface area contributed by atoms with E-state index in [1.165, 1.54) is 4.57 Å². The molecule has 0 aliphatic carbocycles. The Morgan fingerprint density at radius 2 is 1.95 bits per heavy atom. The maximum Gasteiger partial charge on any atom is 0.283 e. The zero-order valence-electron chi connectivity index (χ0n) is 12.0. The van der Waals surface area contributed by atoms with Gasteiger partial charge < -0.3 is 5.32 Å². The van der Waals surface area contributed by atoms with Crippen molar-refractivity contribution in [1.82, 2.24) is 19.9 Å². The fourth-order valence-corrected chi connectivity index (χ4v) is 2.17.